The van der Waals surface area contributed by atoms with E-state index in [1.54, 1.807) is 0 Å². The van der Waals surface area contributed by atoms with E-state index >= 15 is 0 Å². The minimum Gasteiger partial charge on any atom is -0.394 e. The van der Waals surface area contributed by atoms with Gasteiger partial charge in [0.05, 0.1) is 6.61 Å². The fraction of sp³-hybridized carbons (Fsp3) is 0.833. The molecule has 8 nitrogen and oxygen atoms in total. The van der Waals surface area contributed by atoms with Gasteiger partial charge in [0.1, 0.15) is 18.3 Å². The molecule has 14 heavy (non-hydrogen) atoms. The first-order valence-corrected chi connectivity index (χ1v) is 3.72. The number of amides is 1. The fourth-order valence-corrected chi connectivity index (χ4v) is 0.744. The Morgan fingerprint density at radius 1 is 1.21 bits per heavy atom. The van der Waals surface area contributed by atoms with E-state index in [-0.39, 0.29) is 0 Å². The second-order valence-electron chi connectivity index (χ2n) is 2.65. The van der Waals surface area contributed by atoms with E-state index in [0.717, 1.165) is 5.43 Å². The van der Waals surface area contributed by atoms with Crippen LogP contribution in [-0.4, -0.2) is 62.5 Å². The summed E-state index contributed by atoms with van der Waals surface area (Å²) in [6.07, 6.45) is -7.70. The van der Waals surface area contributed by atoms with Crippen molar-refractivity contribution >= 4 is 5.91 Å². The van der Waals surface area contributed by atoms with Crippen LogP contribution in [0.5, 0.6) is 0 Å². The van der Waals surface area contributed by atoms with Gasteiger partial charge in [-0.05, 0) is 5.84 Å². The molecule has 82 valence electrons. The minimum atomic E-state index is -2.10. The van der Waals surface area contributed by atoms with Crippen LogP contribution in [-0.2, 0) is 4.79 Å². The molecule has 0 fully saturated rings. The average Bonchev–Trinajstić information content (AvgIpc) is 2.23. The van der Waals surface area contributed by atoms with Crippen LogP contribution in [0.4, 0.5) is 0 Å². The second kappa shape index (κ2) is 5.86. The highest BCUT2D eigenvalue weighted by molar-refractivity contribution is 5.80. The Morgan fingerprint density at radius 3 is 2.07 bits per heavy atom. The summed E-state index contributed by atoms with van der Waals surface area (Å²) < 4.78 is 0. The van der Waals surface area contributed by atoms with Gasteiger partial charge < -0.3 is 25.5 Å². The number of hydrogen-bond donors (Lipinski definition) is 6. The van der Waals surface area contributed by atoms with Crippen molar-refractivity contribution in [1.29, 1.82) is 0 Å². The minimum absolute atomic E-state index is 0.842. The van der Waals surface area contributed by atoms with Gasteiger partial charge >= 0.3 is 0 Å². The Labute approximate surface area is 79.6 Å². The number of hydrogen-bond acceptors (Lipinski definition) is 6. The van der Waals surface area contributed by atoms with Crippen molar-refractivity contribution in [1.82, 2.24) is 11.3 Å². The molecule has 6 N–H and O–H groups in total. The van der Waals surface area contributed by atoms with Crippen molar-refractivity contribution in [2.45, 2.75) is 24.4 Å². The van der Waals surface area contributed by atoms with Gasteiger partial charge in [-0.25, -0.2) is 0 Å². The van der Waals surface area contributed by atoms with Crippen LogP contribution < -0.4 is 11.3 Å². The molecule has 8 heteroatoms. The molecule has 0 aromatic heterocycles. The van der Waals surface area contributed by atoms with Crippen molar-refractivity contribution in [2.75, 3.05) is 6.61 Å². The molecule has 1 amide bonds. The Kier molecular flexibility index (Phi) is 5.53. The maximum absolute atomic E-state index is 10.5. The lowest BCUT2D eigenvalue weighted by Crippen LogP contribution is -2.51. The first kappa shape index (κ1) is 13.2. The van der Waals surface area contributed by atoms with E-state index in [4.69, 9.17) is 31.4 Å². The van der Waals surface area contributed by atoms with E-state index in [9.17, 15) is 4.79 Å². The van der Waals surface area contributed by atoms with Crippen LogP contribution in [0.15, 0.2) is 0 Å². The molecule has 0 aliphatic heterocycles. The van der Waals surface area contributed by atoms with Crippen molar-refractivity contribution in [3.05, 3.63) is 0 Å². The molecule has 2 radical (unpaired) electrons. The molecule has 0 aromatic carbocycles. The zero-order valence-corrected chi connectivity index (χ0v) is 7.11. The lowest BCUT2D eigenvalue weighted by atomic mass is 10.0. The van der Waals surface area contributed by atoms with E-state index in [0.29, 0.717) is 0 Å². The third-order valence-corrected chi connectivity index (χ3v) is 1.63. The molecular formula is C6H12N2O6. The van der Waals surface area contributed by atoms with Crippen LogP contribution in [0.1, 0.15) is 0 Å². The SMILES string of the molecule is [N]NC(=O)[C@H](O)[C@@H](O)[C@H](O)[C@H](O)CO. The summed E-state index contributed by atoms with van der Waals surface area (Å²) in [5.74, 6) is 6.74. The van der Waals surface area contributed by atoms with Gasteiger partial charge in [-0.2, -0.15) is 0 Å². The molecule has 0 bridgehead atoms. The second-order valence-corrected chi connectivity index (χ2v) is 2.65. The summed E-state index contributed by atoms with van der Waals surface area (Å²) >= 11 is 0. The molecule has 0 unspecified atom stereocenters. The predicted molar refractivity (Wildman–Crippen MR) is 41.4 cm³/mol. The Bertz CT molecular complexity index is 189. The van der Waals surface area contributed by atoms with Crippen molar-refractivity contribution < 1.29 is 30.3 Å². The highest BCUT2D eigenvalue weighted by Crippen LogP contribution is 2.04. The van der Waals surface area contributed by atoms with Crippen molar-refractivity contribution in [3.8, 4) is 0 Å². The van der Waals surface area contributed by atoms with Crippen LogP contribution >= 0.6 is 0 Å². The summed E-state index contributed by atoms with van der Waals surface area (Å²) in [6.45, 7) is -0.842. The van der Waals surface area contributed by atoms with Gasteiger partial charge in [0.2, 0.25) is 0 Å². The number of aliphatic hydroxyl groups is 5. The van der Waals surface area contributed by atoms with Gasteiger partial charge in [-0.3, -0.25) is 10.2 Å². The Hall–Kier alpha value is -0.770. The molecule has 0 saturated carbocycles. The van der Waals surface area contributed by atoms with E-state index < -0.39 is 36.9 Å². The highest BCUT2D eigenvalue weighted by atomic mass is 16.4. The average molecular weight is 208 g/mol. The third-order valence-electron chi connectivity index (χ3n) is 1.63. The Balaban J connectivity index is 4.30. The molecule has 0 saturated heterocycles. The fourth-order valence-electron chi connectivity index (χ4n) is 0.744. The van der Waals surface area contributed by atoms with Crippen molar-refractivity contribution in [2.24, 2.45) is 0 Å². The lowest BCUT2D eigenvalue weighted by molar-refractivity contribution is -0.149. The number of rotatable bonds is 5. The zero-order valence-electron chi connectivity index (χ0n) is 7.11. The maximum atomic E-state index is 10.5. The van der Waals surface area contributed by atoms with Gasteiger partial charge in [-0.1, -0.05) is 0 Å². The van der Waals surface area contributed by atoms with Gasteiger partial charge in [0.25, 0.3) is 5.91 Å². The predicted octanol–water partition coefficient (Wildman–Crippen LogP) is -4.48. The van der Waals surface area contributed by atoms with E-state index in [1.807, 2.05) is 0 Å². The molecule has 0 aromatic rings. The lowest BCUT2D eigenvalue weighted by Gasteiger charge is -2.24. The maximum Gasteiger partial charge on any atom is 0.268 e. The van der Waals surface area contributed by atoms with Crippen LogP contribution in [0.3, 0.4) is 0 Å². The standard InChI is InChI=1S/C6H12N2O6/c7-8-6(14)5(13)4(12)3(11)2(10)1-9/h2-5,9-13H,1H2,(H,8,14)/t2-,3-,4+,5-/m1/s1. The normalized spacial score (nSPS) is 19.6. The molecule has 0 aliphatic carbocycles. The highest BCUT2D eigenvalue weighted by Gasteiger charge is 2.33. The number of carbonyl (C=O) groups is 1. The summed E-state index contributed by atoms with van der Waals surface area (Å²) in [7, 11) is 0. The summed E-state index contributed by atoms with van der Waals surface area (Å²) in [5.41, 5.74) is 1.05. The van der Waals surface area contributed by atoms with Crippen LogP contribution in [0.2, 0.25) is 0 Å². The smallest absolute Gasteiger partial charge is 0.268 e. The summed E-state index contributed by atoms with van der Waals surface area (Å²) in [4.78, 5) is 10.5. The molecule has 0 aliphatic rings. The zero-order chi connectivity index (χ0) is 11.3. The van der Waals surface area contributed by atoms with E-state index in [2.05, 4.69) is 0 Å². The number of nitrogens with zero attached hydrogens (tertiary/aromatic N) is 1. The van der Waals surface area contributed by atoms with Gasteiger partial charge in [-0.15, -0.1) is 0 Å². The third kappa shape index (κ3) is 3.18. The number of carbonyl (C=O) groups excluding carboxylic acids is 1. The summed E-state index contributed by atoms with van der Waals surface area (Å²) in [6, 6.07) is 0. The van der Waals surface area contributed by atoms with Gasteiger partial charge in [0, 0.05) is 0 Å². The van der Waals surface area contributed by atoms with Crippen molar-refractivity contribution in [3.63, 3.8) is 0 Å². The van der Waals surface area contributed by atoms with E-state index in [1.165, 1.54) is 0 Å². The monoisotopic (exact) mass is 208 g/mol. The first-order valence-electron chi connectivity index (χ1n) is 3.72. The largest absolute Gasteiger partial charge is 0.394 e. The van der Waals surface area contributed by atoms with Crippen LogP contribution in [0, 0.1) is 0 Å². The number of aliphatic hydroxyl groups excluding tert-OH is 5. The quantitative estimate of drug-likeness (QED) is 0.250. The Morgan fingerprint density at radius 2 is 1.71 bits per heavy atom. The molecule has 0 rings (SSSR count). The molecule has 0 heterocycles. The first-order chi connectivity index (χ1) is 6.45. The number of nitrogens with one attached hydrogen (secondary N) is 1. The molecule has 0 spiro atoms. The topological polar surface area (TPSA) is 153 Å². The summed E-state index contributed by atoms with van der Waals surface area (Å²) in [5, 5.41) is 44.2. The van der Waals surface area contributed by atoms with Crippen LogP contribution in [0.25, 0.3) is 0 Å². The van der Waals surface area contributed by atoms with Gasteiger partial charge in [0.15, 0.2) is 6.10 Å². The molecule has 4 atom stereocenters. The molecular weight excluding hydrogens is 196 g/mol.